The Morgan fingerprint density at radius 2 is 1.35 bits per heavy atom. The predicted molar refractivity (Wildman–Crippen MR) is 184 cm³/mol. The zero-order chi connectivity index (χ0) is 33.8. The van der Waals surface area contributed by atoms with Gasteiger partial charge in [0, 0.05) is 25.2 Å². The van der Waals surface area contributed by atoms with Crippen molar-refractivity contribution >= 4 is 11.9 Å². The number of carbonyl (C=O) groups excluding carboxylic acids is 2. The van der Waals surface area contributed by atoms with E-state index >= 15 is 0 Å². The highest BCUT2D eigenvalue weighted by Gasteiger charge is 2.39. The van der Waals surface area contributed by atoms with Crippen LogP contribution in [0.25, 0.3) is 0 Å². The Bertz CT molecular complexity index is 813. The third kappa shape index (κ3) is 21.2. The maximum atomic E-state index is 12.2. The molecule has 0 aromatic carbocycles. The summed E-state index contributed by atoms with van der Waals surface area (Å²) >= 11 is 0. The van der Waals surface area contributed by atoms with Crippen LogP contribution in [0.15, 0.2) is 24.3 Å². The molecule has 268 valence electrons. The molecule has 4 N–H and O–H groups in total. The van der Waals surface area contributed by atoms with Gasteiger partial charge in [-0.25, -0.2) is 0 Å². The lowest BCUT2D eigenvalue weighted by Crippen LogP contribution is -2.28. The molecule has 0 spiro atoms. The summed E-state index contributed by atoms with van der Waals surface area (Å²) in [6.07, 6.45) is 26.2. The molecule has 0 radical (unpaired) electrons. The van der Waals surface area contributed by atoms with Crippen molar-refractivity contribution < 1.29 is 39.5 Å². The number of esters is 2. The number of unbranched alkanes of at least 4 members (excludes halogenated alkanes) is 14. The monoisotopic (exact) mass is 652 g/mol. The third-order valence-electron chi connectivity index (χ3n) is 9.07. The molecule has 8 heteroatoms. The lowest BCUT2D eigenvalue weighted by Gasteiger charge is -2.19. The summed E-state index contributed by atoms with van der Waals surface area (Å²) in [6.45, 7) is 3.82. The van der Waals surface area contributed by atoms with E-state index < -0.39 is 37.0 Å². The molecule has 0 aromatic rings. The number of rotatable bonds is 29. The molecule has 8 nitrogen and oxygen atoms in total. The molecular weight excluding hydrogens is 584 g/mol. The zero-order valence-electron chi connectivity index (χ0n) is 29.2. The van der Waals surface area contributed by atoms with Gasteiger partial charge in [-0.3, -0.25) is 9.59 Å². The van der Waals surface area contributed by atoms with Crippen LogP contribution in [0.4, 0.5) is 0 Å². The summed E-state index contributed by atoms with van der Waals surface area (Å²) in [6, 6.07) is 0. The van der Waals surface area contributed by atoms with Crippen LogP contribution < -0.4 is 0 Å². The molecule has 0 saturated heterocycles. The maximum Gasteiger partial charge on any atom is 0.306 e. The van der Waals surface area contributed by atoms with Gasteiger partial charge in [0.25, 0.3) is 0 Å². The first-order valence-electron chi connectivity index (χ1n) is 18.7. The largest absolute Gasteiger partial charge is 0.462 e. The minimum Gasteiger partial charge on any atom is -0.462 e. The van der Waals surface area contributed by atoms with Gasteiger partial charge in [0.2, 0.25) is 0 Å². The summed E-state index contributed by atoms with van der Waals surface area (Å²) in [5.74, 6) is -1.09. The zero-order valence-corrected chi connectivity index (χ0v) is 29.2. The fourth-order valence-corrected chi connectivity index (χ4v) is 6.14. The summed E-state index contributed by atoms with van der Waals surface area (Å²) < 4.78 is 10.5. The Labute approximate surface area is 280 Å². The topological polar surface area (TPSA) is 134 Å². The number of ether oxygens (including phenoxy) is 2. The molecule has 1 aliphatic rings. The number of hydrogen-bond acceptors (Lipinski definition) is 8. The van der Waals surface area contributed by atoms with Gasteiger partial charge >= 0.3 is 11.9 Å². The summed E-state index contributed by atoms with van der Waals surface area (Å²) in [5, 5.41) is 40.6. The number of allylic oxidation sites excluding steroid dienone is 2. The molecule has 46 heavy (non-hydrogen) atoms. The molecule has 0 aliphatic heterocycles. The Kier molecular flexibility index (Phi) is 26.0. The van der Waals surface area contributed by atoms with E-state index in [4.69, 9.17) is 9.47 Å². The van der Waals surface area contributed by atoms with E-state index in [1.54, 1.807) is 6.08 Å². The molecule has 0 heterocycles. The molecule has 6 atom stereocenters. The second-order valence-corrected chi connectivity index (χ2v) is 13.3. The second kappa shape index (κ2) is 28.3. The van der Waals surface area contributed by atoms with Gasteiger partial charge in [-0.15, -0.1) is 0 Å². The lowest BCUT2D eigenvalue weighted by molar-refractivity contribution is -0.161. The molecule has 1 saturated carbocycles. The van der Waals surface area contributed by atoms with Crippen LogP contribution >= 0.6 is 0 Å². The van der Waals surface area contributed by atoms with Gasteiger partial charge in [0.1, 0.15) is 6.61 Å². The molecule has 1 fully saturated rings. The van der Waals surface area contributed by atoms with E-state index in [-0.39, 0.29) is 30.8 Å². The van der Waals surface area contributed by atoms with Crippen molar-refractivity contribution in [3.63, 3.8) is 0 Å². The molecular formula is C38H68O8. The van der Waals surface area contributed by atoms with Crippen molar-refractivity contribution in [2.45, 2.75) is 180 Å². The first-order chi connectivity index (χ1) is 22.3. The highest BCUT2D eigenvalue weighted by atomic mass is 16.6. The smallest absolute Gasteiger partial charge is 0.306 e. The van der Waals surface area contributed by atoms with Crippen LogP contribution in [0.1, 0.15) is 155 Å². The average molecular weight is 653 g/mol. The fourth-order valence-electron chi connectivity index (χ4n) is 6.14. The van der Waals surface area contributed by atoms with Gasteiger partial charge in [-0.05, 0) is 38.0 Å². The fraction of sp³-hybridized carbons (Fsp3) is 0.842. The van der Waals surface area contributed by atoms with E-state index in [0.29, 0.717) is 38.5 Å². The van der Waals surface area contributed by atoms with E-state index in [1.165, 1.54) is 57.8 Å². The number of carbonyl (C=O) groups is 2. The van der Waals surface area contributed by atoms with E-state index in [2.05, 4.69) is 13.8 Å². The van der Waals surface area contributed by atoms with Crippen molar-refractivity contribution in [1.82, 2.24) is 0 Å². The van der Waals surface area contributed by atoms with Crippen molar-refractivity contribution in [2.75, 3.05) is 13.2 Å². The van der Waals surface area contributed by atoms with Crippen LogP contribution in [-0.4, -0.2) is 70.0 Å². The van der Waals surface area contributed by atoms with Crippen molar-refractivity contribution in [3.05, 3.63) is 24.3 Å². The Balaban J connectivity index is 2.16. The van der Waals surface area contributed by atoms with Gasteiger partial charge in [-0.2, -0.15) is 0 Å². The van der Waals surface area contributed by atoms with Crippen LogP contribution in [-0.2, 0) is 19.1 Å². The molecule has 1 rings (SSSR count). The number of aliphatic hydroxyl groups excluding tert-OH is 4. The van der Waals surface area contributed by atoms with E-state index in [9.17, 15) is 30.0 Å². The summed E-state index contributed by atoms with van der Waals surface area (Å²) in [7, 11) is 0. The summed E-state index contributed by atoms with van der Waals surface area (Å²) in [4.78, 5) is 24.3. The minimum absolute atomic E-state index is 0.117. The van der Waals surface area contributed by atoms with Crippen LogP contribution in [0.5, 0.6) is 0 Å². The molecule has 0 amide bonds. The molecule has 0 bridgehead atoms. The molecule has 0 aromatic heterocycles. The van der Waals surface area contributed by atoms with Gasteiger partial charge < -0.3 is 29.9 Å². The molecule has 0 unspecified atom stereocenters. The normalized spacial score (nSPS) is 21.3. The van der Waals surface area contributed by atoms with Crippen molar-refractivity contribution in [1.29, 1.82) is 0 Å². The van der Waals surface area contributed by atoms with E-state index in [0.717, 1.165) is 38.5 Å². The quantitative estimate of drug-likeness (QED) is 0.0371. The first-order valence-corrected chi connectivity index (χ1v) is 18.7. The van der Waals surface area contributed by atoms with Gasteiger partial charge in [0.15, 0.2) is 6.10 Å². The number of hydrogen-bond donors (Lipinski definition) is 4. The first kappa shape index (κ1) is 42.3. The lowest BCUT2D eigenvalue weighted by atomic mass is 9.89. The second-order valence-electron chi connectivity index (χ2n) is 13.3. The number of aliphatic hydroxyl groups is 4. The Morgan fingerprint density at radius 3 is 1.98 bits per heavy atom. The van der Waals surface area contributed by atoms with Crippen molar-refractivity contribution in [3.8, 4) is 0 Å². The Hall–Kier alpha value is -1.74. The summed E-state index contributed by atoms with van der Waals surface area (Å²) in [5.41, 5.74) is 0. The van der Waals surface area contributed by atoms with Crippen LogP contribution in [0.3, 0.4) is 0 Å². The third-order valence-corrected chi connectivity index (χ3v) is 9.07. The standard InChI is InChI=1S/C38H68O8/c1-3-5-7-8-9-10-11-12-13-14-15-21-25-38(44)46-32(29-39)30-45-37(43)24-20-17-16-19-23-33-34(36(42)28-35(33)41)27-26-31(40)22-18-6-4-2/h16,19,26-27,31-36,39-42H,3-15,17-18,20-25,28-30H2,1-2H3/b19-16+,27-26+/t31-,32-,33+,34+,35-,36+/m0/s1. The van der Waals surface area contributed by atoms with Crippen LogP contribution in [0.2, 0.25) is 0 Å². The highest BCUT2D eigenvalue weighted by Crippen LogP contribution is 2.36. The average Bonchev–Trinajstić information content (AvgIpc) is 3.31. The van der Waals surface area contributed by atoms with Gasteiger partial charge in [0.05, 0.1) is 24.9 Å². The predicted octanol–water partition coefficient (Wildman–Crippen LogP) is 7.50. The maximum absolute atomic E-state index is 12.2. The Morgan fingerprint density at radius 1 is 0.761 bits per heavy atom. The molecule has 1 aliphatic carbocycles. The minimum atomic E-state index is -0.846. The highest BCUT2D eigenvalue weighted by molar-refractivity contribution is 5.70. The van der Waals surface area contributed by atoms with E-state index in [1.807, 2.05) is 18.2 Å². The van der Waals surface area contributed by atoms with Crippen LogP contribution in [0, 0.1) is 11.8 Å². The SMILES string of the molecule is CCCCCCCCCCCCCCC(=O)O[C@@H](CO)COC(=O)CCC/C=C/C[C@@H]1[C@@H](/C=C/[C@@H](O)CCCCC)[C@H](O)C[C@@H]1O. The van der Waals surface area contributed by atoms with Gasteiger partial charge in [-0.1, -0.05) is 128 Å². The van der Waals surface area contributed by atoms with Crippen molar-refractivity contribution in [2.24, 2.45) is 11.8 Å².